The maximum atomic E-state index is 5.62. The van der Waals surface area contributed by atoms with Gasteiger partial charge in [-0.1, -0.05) is 12.1 Å². The second-order valence-electron chi connectivity index (χ2n) is 3.72. The number of likely N-dealkylation sites (tertiary alicyclic amines) is 1. The van der Waals surface area contributed by atoms with Gasteiger partial charge in [0, 0.05) is 12.2 Å². The highest BCUT2D eigenvalue weighted by atomic mass is 35.5. The summed E-state index contributed by atoms with van der Waals surface area (Å²) in [5, 5.41) is 0. The van der Waals surface area contributed by atoms with Gasteiger partial charge in [0.2, 0.25) is 0 Å². The van der Waals surface area contributed by atoms with Gasteiger partial charge in [0.1, 0.15) is 0 Å². The summed E-state index contributed by atoms with van der Waals surface area (Å²) in [6, 6.07) is 8.19. The SMILES string of the molecule is Nc1ccc(CN2CCCC2)cc1.[Cl-].[Cl-]. The first-order chi connectivity index (χ1) is 6.34. The summed E-state index contributed by atoms with van der Waals surface area (Å²) in [6.45, 7) is 3.59. The summed E-state index contributed by atoms with van der Waals surface area (Å²) in [5.74, 6) is 0. The van der Waals surface area contributed by atoms with Gasteiger partial charge in [0.15, 0.2) is 0 Å². The van der Waals surface area contributed by atoms with Crippen LogP contribution in [0.3, 0.4) is 0 Å². The molecule has 4 heteroatoms. The third kappa shape index (κ3) is 4.29. The highest BCUT2D eigenvalue weighted by Gasteiger charge is 2.10. The second kappa shape index (κ2) is 6.94. The normalized spacial score (nSPS) is 15.5. The monoisotopic (exact) mass is 246 g/mol. The van der Waals surface area contributed by atoms with Gasteiger partial charge in [-0.2, -0.15) is 0 Å². The van der Waals surface area contributed by atoms with Crippen LogP contribution in [0.25, 0.3) is 0 Å². The molecule has 0 bridgehead atoms. The van der Waals surface area contributed by atoms with Crippen LogP contribution in [0.1, 0.15) is 18.4 Å². The predicted octanol–water partition coefficient (Wildman–Crippen LogP) is -4.13. The van der Waals surface area contributed by atoms with Crippen LogP contribution >= 0.6 is 0 Å². The van der Waals surface area contributed by atoms with Crippen molar-refractivity contribution in [3.8, 4) is 0 Å². The van der Waals surface area contributed by atoms with Gasteiger partial charge >= 0.3 is 0 Å². The molecule has 2 N–H and O–H groups in total. The lowest BCUT2D eigenvalue weighted by Gasteiger charge is -2.14. The van der Waals surface area contributed by atoms with E-state index in [9.17, 15) is 0 Å². The van der Waals surface area contributed by atoms with E-state index in [2.05, 4.69) is 17.0 Å². The van der Waals surface area contributed by atoms with Crippen LogP contribution in [0.5, 0.6) is 0 Å². The molecule has 0 saturated carbocycles. The van der Waals surface area contributed by atoms with Crippen molar-refractivity contribution in [2.24, 2.45) is 0 Å². The molecule has 2 nitrogen and oxygen atoms in total. The molecule has 0 amide bonds. The van der Waals surface area contributed by atoms with Crippen LogP contribution in [-0.4, -0.2) is 18.0 Å². The summed E-state index contributed by atoms with van der Waals surface area (Å²) in [5.41, 5.74) is 7.84. The molecule has 1 aromatic carbocycles. The van der Waals surface area contributed by atoms with Crippen LogP contribution < -0.4 is 30.5 Å². The average molecular weight is 247 g/mol. The van der Waals surface area contributed by atoms with Crippen molar-refractivity contribution in [2.75, 3.05) is 18.8 Å². The topological polar surface area (TPSA) is 29.3 Å². The van der Waals surface area contributed by atoms with Gasteiger partial charge in [0.25, 0.3) is 0 Å². The largest absolute Gasteiger partial charge is 1.00 e. The first-order valence-electron chi connectivity index (χ1n) is 4.91. The maximum Gasteiger partial charge on any atom is 0.0314 e. The van der Waals surface area contributed by atoms with Crippen molar-refractivity contribution < 1.29 is 24.8 Å². The van der Waals surface area contributed by atoms with Crippen molar-refractivity contribution in [3.05, 3.63) is 29.8 Å². The zero-order valence-corrected chi connectivity index (χ0v) is 10.1. The quantitative estimate of drug-likeness (QED) is 0.538. The Hall–Kier alpha value is -0.440. The molecular weight excluding hydrogens is 231 g/mol. The van der Waals surface area contributed by atoms with Gasteiger partial charge in [-0.05, 0) is 43.6 Å². The summed E-state index contributed by atoms with van der Waals surface area (Å²) < 4.78 is 0. The summed E-state index contributed by atoms with van der Waals surface area (Å²) in [4.78, 5) is 2.49. The number of hydrogen-bond acceptors (Lipinski definition) is 2. The molecule has 1 aromatic rings. The van der Waals surface area contributed by atoms with Gasteiger partial charge in [0.05, 0.1) is 0 Å². The number of nitrogens with two attached hydrogens (primary N) is 1. The van der Waals surface area contributed by atoms with Gasteiger partial charge in [-0.15, -0.1) is 0 Å². The number of benzene rings is 1. The molecule has 0 unspecified atom stereocenters. The third-order valence-electron chi connectivity index (χ3n) is 2.58. The lowest BCUT2D eigenvalue weighted by molar-refractivity contribution is -0.001000. The van der Waals surface area contributed by atoms with E-state index in [1.165, 1.54) is 31.5 Å². The van der Waals surface area contributed by atoms with E-state index >= 15 is 0 Å². The van der Waals surface area contributed by atoms with E-state index < -0.39 is 0 Å². The Bertz CT molecular complexity index is 268. The molecule has 86 valence electrons. The molecule has 1 aliphatic heterocycles. The molecule has 1 aliphatic rings. The lowest BCUT2D eigenvalue weighted by atomic mass is 10.2. The Balaban J connectivity index is 0.000000980. The number of hydrogen-bond donors (Lipinski definition) is 1. The van der Waals surface area contributed by atoms with E-state index in [-0.39, 0.29) is 24.8 Å². The fourth-order valence-electron chi connectivity index (χ4n) is 1.82. The van der Waals surface area contributed by atoms with Crippen molar-refractivity contribution in [1.82, 2.24) is 4.90 Å². The fraction of sp³-hybridized carbons (Fsp3) is 0.455. The van der Waals surface area contributed by atoms with Crippen LogP contribution in [0.4, 0.5) is 5.69 Å². The van der Waals surface area contributed by atoms with Gasteiger partial charge in [-0.3, -0.25) is 4.90 Å². The standard InChI is InChI=1S/C11H16N2.2ClH/c12-11-5-3-10(4-6-11)9-13-7-1-2-8-13;;/h3-6H,1-2,7-9,12H2;2*1H/p-2. The van der Waals surface area contributed by atoms with Crippen molar-refractivity contribution in [2.45, 2.75) is 19.4 Å². The Morgan fingerprint density at radius 2 is 1.53 bits per heavy atom. The van der Waals surface area contributed by atoms with E-state index in [4.69, 9.17) is 5.73 Å². The number of anilines is 1. The first kappa shape index (κ1) is 14.6. The smallest absolute Gasteiger partial charge is 0.0314 e. The first-order valence-corrected chi connectivity index (χ1v) is 4.91. The number of nitrogen functional groups attached to an aromatic ring is 1. The van der Waals surface area contributed by atoms with E-state index in [1.807, 2.05) is 12.1 Å². The average Bonchev–Trinajstić information content (AvgIpc) is 2.62. The minimum absolute atomic E-state index is 0. The molecule has 0 aliphatic carbocycles. The highest BCUT2D eigenvalue weighted by molar-refractivity contribution is 5.39. The number of halogens is 2. The van der Waals surface area contributed by atoms with Crippen LogP contribution in [0.2, 0.25) is 0 Å². The summed E-state index contributed by atoms with van der Waals surface area (Å²) in [7, 11) is 0. The molecule has 0 spiro atoms. The fourth-order valence-corrected chi connectivity index (χ4v) is 1.82. The molecule has 15 heavy (non-hydrogen) atoms. The maximum absolute atomic E-state index is 5.62. The van der Waals surface area contributed by atoms with Crippen LogP contribution in [0, 0.1) is 0 Å². The molecule has 1 saturated heterocycles. The Kier molecular flexibility index (Phi) is 6.73. The second-order valence-corrected chi connectivity index (χ2v) is 3.72. The molecule has 1 fully saturated rings. The Labute approximate surface area is 104 Å². The third-order valence-corrected chi connectivity index (χ3v) is 2.58. The summed E-state index contributed by atoms with van der Waals surface area (Å²) in [6.07, 6.45) is 2.71. The van der Waals surface area contributed by atoms with E-state index in [0.717, 1.165) is 12.2 Å². The van der Waals surface area contributed by atoms with E-state index in [0.29, 0.717) is 0 Å². The van der Waals surface area contributed by atoms with Crippen LogP contribution in [0.15, 0.2) is 24.3 Å². The highest BCUT2D eigenvalue weighted by Crippen LogP contribution is 2.13. The van der Waals surface area contributed by atoms with Gasteiger partial charge in [-0.25, -0.2) is 0 Å². The van der Waals surface area contributed by atoms with Crippen molar-refractivity contribution in [3.63, 3.8) is 0 Å². The zero-order chi connectivity index (χ0) is 9.10. The minimum Gasteiger partial charge on any atom is -1.00 e. The van der Waals surface area contributed by atoms with E-state index in [1.54, 1.807) is 0 Å². The lowest BCUT2D eigenvalue weighted by Crippen LogP contribution is -3.00. The molecule has 1 heterocycles. The summed E-state index contributed by atoms with van der Waals surface area (Å²) >= 11 is 0. The molecule has 2 rings (SSSR count). The van der Waals surface area contributed by atoms with Gasteiger partial charge < -0.3 is 30.5 Å². The number of nitrogens with zero attached hydrogens (tertiary/aromatic N) is 1. The Morgan fingerprint density at radius 1 is 1.00 bits per heavy atom. The molecular formula is C11H16Cl2N2-2. The molecule has 0 aromatic heterocycles. The molecule has 0 radical (unpaired) electrons. The Morgan fingerprint density at radius 3 is 2.07 bits per heavy atom. The van der Waals surface area contributed by atoms with Crippen molar-refractivity contribution in [1.29, 1.82) is 0 Å². The minimum atomic E-state index is 0. The van der Waals surface area contributed by atoms with Crippen molar-refractivity contribution >= 4 is 5.69 Å². The number of rotatable bonds is 2. The zero-order valence-electron chi connectivity index (χ0n) is 8.63. The molecule has 0 atom stereocenters. The predicted molar refractivity (Wildman–Crippen MR) is 55.4 cm³/mol. The van der Waals surface area contributed by atoms with Crippen LogP contribution in [-0.2, 0) is 6.54 Å².